The SMILES string of the molecule is CCOc1ccc(C#N)c2cc(C(C)C)oc12. The summed E-state index contributed by atoms with van der Waals surface area (Å²) in [4.78, 5) is 0. The van der Waals surface area contributed by atoms with Crippen LogP contribution in [0, 0.1) is 11.3 Å². The Kier molecular flexibility index (Phi) is 3.06. The van der Waals surface area contributed by atoms with Crippen LogP contribution in [0.3, 0.4) is 0 Å². The molecule has 0 radical (unpaired) electrons. The number of fused-ring (bicyclic) bond motifs is 1. The molecule has 1 aromatic heterocycles. The highest BCUT2D eigenvalue weighted by atomic mass is 16.5. The normalized spacial score (nSPS) is 10.8. The Hall–Kier alpha value is -1.95. The van der Waals surface area contributed by atoms with E-state index in [4.69, 9.17) is 14.4 Å². The smallest absolute Gasteiger partial charge is 0.177 e. The summed E-state index contributed by atoms with van der Waals surface area (Å²) in [5.74, 6) is 1.88. The topological polar surface area (TPSA) is 46.2 Å². The molecule has 3 heteroatoms. The zero-order valence-electron chi connectivity index (χ0n) is 10.3. The first kappa shape index (κ1) is 11.5. The van der Waals surface area contributed by atoms with Crippen molar-refractivity contribution < 1.29 is 9.15 Å². The van der Waals surface area contributed by atoms with E-state index in [1.165, 1.54) is 0 Å². The maximum Gasteiger partial charge on any atom is 0.177 e. The molecule has 0 amide bonds. The number of ether oxygens (including phenoxy) is 1. The molecule has 0 N–H and O–H groups in total. The molecule has 2 aromatic rings. The van der Waals surface area contributed by atoms with Gasteiger partial charge in [-0.3, -0.25) is 0 Å². The monoisotopic (exact) mass is 229 g/mol. The van der Waals surface area contributed by atoms with Crippen molar-refractivity contribution in [1.29, 1.82) is 5.26 Å². The van der Waals surface area contributed by atoms with Crippen molar-refractivity contribution in [2.45, 2.75) is 26.7 Å². The van der Waals surface area contributed by atoms with E-state index in [2.05, 4.69) is 19.9 Å². The van der Waals surface area contributed by atoms with E-state index in [0.717, 1.165) is 11.1 Å². The Morgan fingerprint density at radius 1 is 1.41 bits per heavy atom. The van der Waals surface area contributed by atoms with E-state index >= 15 is 0 Å². The molecular weight excluding hydrogens is 214 g/mol. The Morgan fingerprint density at radius 2 is 2.18 bits per heavy atom. The van der Waals surface area contributed by atoms with Crippen molar-refractivity contribution in [1.82, 2.24) is 0 Å². The summed E-state index contributed by atoms with van der Waals surface area (Å²) in [5.41, 5.74) is 1.30. The second-order valence-electron chi connectivity index (χ2n) is 4.20. The molecule has 0 unspecified atom stereocenters. The van der Waals surface area contributed by atoms with Gasteiger partial charge in [0.05, 0.1) is 18.2 Å². The summed E-state index contributed by atoms with van der Waals surface area (Å²) in [6.45, 7) is 6.63. The minimum absolute atomic E-state index is 0.295. The molecule has 0 aliphatic carbocycles. The van der Waals surface area contributed by atoms with E-state index < -0.39 is 0 Å². The van der Waals surface area contributed by atoms with Crippen molar-refractivity contribution in [2.75, 3.05) is 6.61 Å². The van der Waals surface area contributed by atoms with E-state index in [1.54, 1.807) is 12.1 Å². The molecule has 3 nitrogen and oxygen atoms in total. The van der Waals surface area contributed by atoms with Gasteiger partial charge in [0.15, 0.2) is 11.3 Å². The van der Waals surface area contributed by atoms with Crippen molar-refractivity contribution >= 4 is 11.0 Å². The molecule has 1 aromatic carbocycles. The van der Waals surface area contributed by atoms with Crippen LogP contribution in [0.25, 0.3) is 11.0 Å². The van der Waals surface area contributed by atoms with Gasteiger partial charge in [-0.05, 0) is 25.1 Å². The standard InChI is InChI=1S/C14H15NO2/c1-4-16-12-6-5-10(8-15)11-7-13(9(2)3)17-14(11)12/h5-7,9H,4H2,1-3H3. The van der Waals surface area contributed by atoms with Gasteiger partial charge < -0.3 is 9.15 Å². The molecule has 0 atom stereocenters. The van der Waals surface area contributed by atoms with Gasteiger partial charge >= 0.3 is 0 Å². The summed E-state index contributed by atoms with van der Waals surface area (Å²) in [7, 11) is 0. The largest absolute Gasteiger partial charge is 0.490 e. The van der Waals surface area contributed by atoms with Gasteiger partial charge in [0.2, 0.25) is 0 Å². The van der Waals surface area contributed by atoms with Crippen molar-refractivity contribution in [3.8, 4) is 11.8 Å². The lowest BCUT2D eigenvalue weighted by atomic mass is 10.1. The molecule has 1 heterocycles. The molecule has 0 aliphatic heterocycles. The number of hydrogen-bond acceptors (Lipinski definition) is 3. The molecule has 17 heavy (non-hydrogen) atoms. The maximum absolute atomic E-state index is 9.07. The summed E-state index contributed by atoms with van der Waals surface area (Å²) in [5, 5.41) is 9.91. The van der Waals surface area contributed by atoms with Crippen LogP contribution in [-0.4, -0.2) is 6.61 Å². The molecule has 88 valence electrons. The van der Waals surface area contributed by atoms with E-state index in [0.29, 0.717) is 29.4 Å². The number of furan rings is 1. The average molecular weight is 229 g/mol. The predicted molar refractivity (Wildman–Crippen MR) is 66.2 cm³/mol. The Labute approximate surface area is 101 Å². The first-order valence-corrected chi connectivity index (χ1v) is 5.76. The Balaban J connectivity index is 2.68. The van der Waals surface area contributed by atoms with Gasteiger partial charge in [0.1, 0.15) is 5.76 Å². The van der Waals surface area contributed by atoms with Gasteiger partial charge in [-0.1, -0.05) is 13.8 Å². The predicted octanol–water partition coefficient (Wildman–Crippen LogP) is 3.83. The van der Waals surface area contributed by atoms with Gasteiger partial charge in [0, 0.05) is 11.3 Å². The van der Waals surface area contributed by atoms with Crippen LogP contribution in [0.15, 0.2) is 22.6 Å². The van der Waals surface area contributed by atoms with Crippen LogP contribution < -0.4 is 4.74 Å². The number of hydrogen-bond donors (Lipinski definition) is 0. The Morgan fingerprint density at radius 3 is 2.76 bits per heavy atom. The summed E-state index contributed by atoms with van der Waals surface area (Å²) >= 11 is 0. The first-order chi connectivity index (χ1) is 8.17. The first-order valence-electron chi connectivity index (χ1n) is 5.76. The van der Waals surface area contributed by atoms with Crippen molar-refractivity contribution in [3.63, 3.8) is 0 Å². The third kappa shape index (κ3) is 1.99. The van der Waals surface area contributed by atoms with Crippen LogP contribution in [-0.2, 0) is 0 Å². The van der Waals surface area contributed by atoms with Crippen LogP contribution in [0.5, 0.6) is 5.75 Å². The average Bonchev–Trinajstić information content (AvgIpc) is 2.75. The summed E-state index contributed by atoms with van der Waals surface area (Å²) < 4.78 is 11.3. The van der Waals surface area contributed by atoms with E-state index in [9.17, 15) is 0 Å². The zero-order chi connectivity index (χ0) is 12.4. The number of rotatable bonds is 3. The van der Waals surface area contributed by atoms with E-state index in [-0.39, 0.29) is 0 Å². The Bertz CT molecular complexity index is 576. The maximum atomic E-state index is 9.07. The lowest BCUT2D eigenvalue weighted by Gasteiger charge is -2.03. The van der Waals surface area contributed by atoms with Crippen LogP contribution in [0.4, 0.5) is 0 Å². The molecular formula is C14H15NO2. The number of nitrogens with zero attached hydrogens (tertiary/aromatic N) is 1. The van der Waals surface area contributed by atoms with Crippen molar-refractivity contribution in [2.24, 2.45) is 0 Å². The molecule has 0 spiro atoms. The number of nitriles is 1. The van der Waals surface area contributed by atoms with Crippen molar-refractivity contribution in [3.05, 3.63) is 29.5 Å². The molecule has 0 aliphatic rings. The highest BCUT2D eigenvalue weighted by Crippen LogP contribution is 2.33. The lowest BCUT2D eigenvalue weighted by molar-refractivity contribution is 0.337. The summed E-state index contributed by atoms with van der Waals surface area (Å²) in [6.07, 6.45) is 0. The highest BCUT2D eigenvalue weighted by molar-refractivity contribution is 5.89. The minimum atomic E-state index is 0.295. The highest BCUT2D eigenvalue weighted by Gasteiger charge is 2.14. The molecule has 2 rings (SSSR count). The van der Waals surface area contributed by atoms with Gasteiger partial charge in [0.25, 0.3) is 0 Å². The molecule has 0 fully saturated rings. The quantitative estimate of drug-likeness (QED) is 0.803. The fourth-order valence-electron chi connectivity index (χ4n) is 1.77. The fourth-order valence-corrected chi connectivity index (χ4v) is 1.77. The van der Waals surface area contributed by atoms with Gasteiger partial charge in [-0.25, -0.2) is 0 Å². The zero-order valence-corrected chi connectivity index (χ0v) is 10.3. The lowest BCUT2D eigenvalue weighted by Crippen LogP contribution is -1.91. The van der Waals surface area contributed by atoms with Gasteiger partial charge in [-0.2, -0.15) is 5.26 Å². The van der Waals surface area contributed by atoms with E-state index in [1.807, 2.05) is 13.0 Å². The third-order valence-corrected chi connectivity index (χ3v) is 2.66. The van der Waals surface area contributed by atoms with Crippen LogP contribution in [0.2, 0.25) is 0 Å². The van der Waals surface area contributed by atoms with Crippen LogP contribution >= 0.6 is 0 Å². The molecule has 0 bridgehead atoms. The van der Waals surface area contributed by atoms with Gasteiger partial charge in [-0.15, -0.1) is 0 Å². The summed E-state index contributed by atoms with van der Waals surface area (Å²) in [6, 6.07) is 7.67. The second kappa shape index (κ2) is 4.50. The van der Waals surface area contributed by atoms with Crippen LogP contribution in [0.1, 0.15) is 38.0 Å². The fraction of sp³-hybridized carbons (Fsp3) is 0.357. The number of benzene rings is 1. The second-order valence-corrected chi connectivity index (χ2v) is 4.20. The minimum Gasteiger partial charge on any atom is -0.490 e. The third-order valence-electron chi connectivity index (χ3n) is 2.66. The molecule has 0 saturated carbocycles. The molecule has 0 saturated heterocycles.